The van der Waals surface area contributed by atoms with E-state index in [1.807, 2.05) is 0 Å². The van der Waals surface area contributed by atoms with Gasteiger partial charge in [0.25, 0.3) is 0 Å². The number of furan rings is 2. The van der Waals surface area contributed by atoms with Gasteiger partial charge in [0.2, 0.25) is 0 Å². The molecule has 0 N–H and O–H groups in total. The number of hydrogen-bond donors (Lipinski definition) is 0. The number of aryl methyl sites for hydroxylation is 2. The standard InChI is InChI=1S/C91H62N2O2/c1-59-29-15-17-39-66(59)72-45-25-47-74-76-49-27-53-83(89(76)94-87(72)74)92(81-51-23-21-41-68(81)61-31-7-3-8-32-61)65-55-56-78-79(57-65)91(63-35-11-5-12-36-63,64-37-13-6-14-38-64)80-58-85(70-43-19-20-44-71(70)86(78)80)93(82-52-24-22-42-69(82)62-33-9-4-10-34-62)84-54-28-50-77-75-48-26-46-73(88(75)95-90(77)84)67-40-18-16-30-60(67)2/h3-58H,1-2H3. The van der Waals surface area contributed by atoms with Crippen molar-refractivity contribution in [3.63, 3.8) is 0 Å². The van der Waals surface area contributed by atoms with E-state index in [9.17, 15) is 0 Å². The molecule has 2 aromatic heterocycles. The Morgan fingerprint density at radius 2 is 0.621 bits per heavy atom. The molecule has 0 aliphatic heterocycles. The Balaban J connectivity index is 0.938. The van der Waals surface area contributed by atoms with Crippen molar-refractivity contribution in [1.82, 2.24) is 0 Å². The van der Waals surface area contributed by atoms with Crippen LogP contribution in [0.15, 0.2) is 349 Å². The van der Waals surface area contributed by atoms with E-state index in [0.717, 1.165) is 144 Å². The van der Waals surface area contributed by atoms with E-state index in [-0.39, 0.29) is 0 Å². The monoisotopic (exact) mass is 1210 g/mol. The molecular formula is C91H62N2O2. The number of para-hydroxylation sites is 6. The molecule has 4 nitrogen and oxygen atoms in total. The summed E-state index contributed by atoms with van der Waals surface area (Å²) in [6.07, 6.45) is 0. The molecule has 448 valence electrons. The zero-order chi connectivity index (χ0) is 63.1. The van der Waals surface area contributed by atoms with Crippen molar-refractivity contribution in [3.8, 4) is 55.6 Å². The largest absolute Gasteiger partial charge is 0.453 e. The fraction of sp³-hybridized carbons (Fsp3) is 0.0330. The van der Waals surface area contributed by atoms with Gasteiger partial charge in [-0.2, -0.15) is 0 Å². The van der Waals surface area contributed by atoms with Crippen molar-refractivity contribution < 1.29 is 8.83 Å². The molecule has 0 saturated carbocycles. The minimum Gasteiger partial charge on any atom is -0.453 e. The molecule has 0 fully saturated rings. The van der Waals surface area contributed by atoms with Crippen LogP contribution < -0.4 is 9.80 Å². The Labute approximate surface area is 552 Å². The van der Waals surface area contributed by atoms with Crippen molar-refractivity contribution in [3.05, 3.63) is 373 Å². The maximum Gasteiger partial charge on any atom is 0.159 e. The Bertz CT molecular complexity index is 5790. The molecule has 1 aliphatic carbocycles. The molecule has 0 unspecified atom stereocenters. The normalized spacial score (nSPS) is 12.4. The molecule has 15 aromatic carbocycles. The average Bonchev–Trinajstić information content (AvgIpc) is 1.54. The number of nitrogens with zero attached hydrogens (tertiary/aromatic N) is 2. The topological polar surface area (TPSA) is 32.8 Å². The highest BCUT2D eigenvalue weighted by molar-refractivity contribution is 6.18. The van der Waals surface area contributed by atoms with Crippen molar-refractivity contribution in [2.24, 2.45) is 0 Å². The second kappa shape index (κ2) is 22.6. The lowest BCUT2D eigenvalue weighted by atomic mass is 9.67. The second-order valence-electron chi connectivity index (χ2n) is 25.0. The van der Waals surface area contributed by atoms with Crippen LogP contribution in [0.2, 0.25) is 0 Å². The maximum atomic E-state index is 7.50. The molecule has 0 atom stereocenters. The van der Waals surface area contributed by atoms with Gasteiger partial charge >= 0.3 is 0 Å². The number of anilines is 6. The molecule has 95 heavy (non-hydrogen) atoms. The fourth-order valence-electron chi connectivity index (χ4n) is 15.6. The highest BCUT2D eigenvalue weighted by Crippen LogP contribution is 2.62. The molecule has 0 saturated heterocycles. The van der Waals surface area contributed by atoms with E-state index < -0.39 is 5.41 Å². The molecule has 0 radical (unpaired) electrons. The minimum atomic E-state index is -0.876. The van der Waals surface area contributed by atoms with Gasteiger partial charge in [0, 0.05) is 54.9 Å². The number of rotatable bonds is 12. The van der Waals surface area contributed by atoms with Gasteiger partial charge in [-0.1, -0.05) is 297 Å². The summed E-state index contributed by atoms with van der Waals surface area (Å²) in [7, 11) is 0. The van der Waals surface area contributed by atoms with Crippen LogP contribution in [0, 0.1) is 13.8 Å². The third kappa shape index (κ3) is 8.75. The molecule has 17 aromatic rings. The summed E-state index contributed by atoms with van der Waals surface area (Å²) in [4.78, 5) is 4.95. The Morgan fingerprint density at radius 1 is 0.242 bits per heavy atom. The molecule has 18 rings (SSSR count). The van der Waals surface area contributed by atoms with Gasteiger partial charge in [-0.15, -0.1) is 0 Å². The fourth-order valence-corrected chi connectivity index (χ4v) is 15.6. The predicted molar refractivity (Wildman–Crippen MR) is 396 cm³/mol. The Morgan fingerprint density at radius 3 is 1.14 bits per heavy atom. The summed E-state index contributed by atoms with van der Waals surface area (Å²) in [5.41, 5.74) is 26.7. The molecule has 4 heteroatoms. The summed E-state index contributed by atoms with van der Waals surface area (Å²) >= 11 is 0. The molecule has 2 heterocycles. The van der Waals surface area contributed by atoms with Crippen LogP contribution in [0.3, 0.4) is 0 Å². The summed E-state index contributed by atoms with van der Waals surface area (Å²) in [5.74, 6) is 0. The lowest BCUT2D eigenvalue weighted by Gasteiger charge is -2.36. The number of benzene rings is 15. The summed E-state index contributed by atoms with van der Waals surface area (Å²) in [6, 6.07) is 124. The average molecular weight is 1220 g/mol. The Hall–Kier alpha value is -12.2. The third-order valence-electron chi connectivity index (χ3n) is 19.8. The van der Waals surface area contributed by atoms with Crippen molar-refractivity contribution in [2.45, 2.75) is 19.3 Å². The van der Waals surface area contributed by atoms with Gasteiger partial charge in [-0.05, 0) is 128 Å². The van der Waals surface area contributed by atoms with Crippen LogP contribution in [0.25, 0.3) is 110 Å². The third-order valence-corrected chi connectivity index (χ3v) is 19.8. The van der Waals surface area contributed by atoms with Crippen LogP contribution in [0.1, 0.15) is 33.4 Å². The highest BCUT2D eigenvalue weighted by atomic mass is 16.3. The molecular weight excluding hydrogens is 1150 g/mol. The van der Waals surface area contributed by atoms with Crippen molar-refractivity contribution in [2.75, 3.05) is 9.80 Å². The number of hydrogen-bond acceptors (Lipinski definition) is 4. The zero-order valence-electron chi connectivity index (χ0n) is 52.5. The van der Waals surface area contributed by atoms with Crippen LogP contribution in [-0.4, -0.2) is 0 Å². The van der Waals surface area contributed by atoms with Crippen LogP contribution >= 0.6 is 0 Å². The van der Waals surface area contributed by atoms with Gasteiger partial charge < -0.3 is 18.6 Å². The first kappa shape index (κ1) is 55.6. The first-order valence-electron chi connectivity index (χ1n) is 32.7. The summed E-state index contributed by atoms with van der Waals surface area (Å²) in [5, 5.41) is 6.49. The predicted octanol–water partition coefficient (Wildman–Crippen LogP) is 25.2. The minimum absolute atomic E-state index is 0.808. The SMILES string of the molecule is Cc1ccccc1-c1cccc2c1oc1c(N(c3ccc4c(c3)C(c3ccccc3)(c3ccccc3)c3cc(N(c5ccccc5-c5ccccc5)c5cccc6c5oc5c(-c7ccccc7C)cccc56)c5ccccc5c3-4)c3ccccc3-c3ccccc3)cccc12. The van der Waals surface area contributed by atoms with Gasteiger partial charge in [0.1, 0.15) is 11.2 Å². The lowest BCUT2D eigenvalue weighted by molar-refractivity contribution is 0.670. The highest BCUT2D eigenvalue weighted by Gasteiger charge is 2.48. The first-order valence-corrected chi connectivity index (χ1v) is 32.7. The van der Waals surface area contributed by atoms with Crippen LogP contribution in [0.4, 0.5) is 34.1 Å². The van der Waals surface area contributed by atoms with Gasteiger partial charge in [-0.25, -0.2) is 0 Å². The quantitative estimate of drug-likeness (QED) is 0.122. The number of fused-ring (bicyclic) bond motifs is 11. The van der Waals surface area contributed by atoms with E-state index in [1.54, 1.807) is 0 Å². The van der Waals surface area contributed by atoms with Gasteiger partial charge in [-0.3, -0.25) is 0 Å². The zero-order valence-corrected chi connectivity index (χ0v) is 52.5. The molecule has 0 spiro atoms. The summed E-state index contributed by atoms with van der Waals surface area (Å²) < 4.78 is 14.9. The van der Waals surface area contributed by atoms with E-state index in [1.165, 1.54) is 33.4 Å². The van der Waals surface area contributed by atoms with Crippen molar-refractivity contribution >= 4 is 88.8 Å². The molecule has 1 aliphatic rings. The molecule has 0 amide bonds. The first-order chi connectivity index (χ1) is 47.0. The smallest absolute Gasteiger partial charge is 0.159 e. The van der Waals surface area contributed by atoms with Gasteiger partial charge in [0.05, 0.1) is 33.9 Å². The van der Waals surface area contributed by atoms with Crippen molar-refractivity contribution in [1.29, 1.82) is 0 Å². The second-order valence-corrected chi connectivity index (χ2v) is 25.0. The van der Waals surface area contributed by atoms with E-state index >= 15 is 0 Å². The summed E-state index contributed by atoms with van der Waals surface area (Å²) in [6.45, 7) is 4.36. The van der Waals surface area contributed by atoms with Gasteiger partial charge in [0.15, 0.2) is 11.2 Å². The lowest BCUT2D eigenvalue weighted by Crippen LogP contribution is -2.29. The van der Waals surface area contributed by atoms with Crippen LogP contribution in [0.5, 0.6) is 0 Å². The van der Waals surface area contributed by atoms with E-state index in [0.29, 0.717) is 0 Å². The van der Waals surface area contributed by atoms with E-state index in [4.69, 9.17) is 8.83 Å². The maximum absolute atomic E-state index is 7.50. The molecule has 0 bridgehead atoms. The Kier molecular flexibility index (Phi) is 13.2. The van der Waals surface area contributed by atoms with Crippen LogP contribution in [-0.2, 0) is 5.41 Å². The van der Waals surface area contributed by atoms with E-state index in [2.05, 4.69) is 363 Å².